The summed E-state index contributed by atoms with van der Waals surface area (Å²) in [4.78, 5) is 12.2. The van der Waals surface area contributed by atoms with Crippen LogP contribution in [-0.4, -0.2) is 37.4 Å². The van der Waals surface area contributed by atoms with Crippen molar-refractivity contribution in [2.75, 3.05) is 18.2 Å². The van der Waals surface area contributed by atoms with Crippen molar-refractivity contribution in [3.05, 3.63) is 30.2 Å². The number of anilines is 1. The van der Waals surface area contributed by atoms with Gasteiger partial charge in [0.05, 0.1) is 17.8 Å². The van der Waals surface area contributed by atoms with Gasteiger partial charge in [0.15, 0.2) is 9.84 Å². The summed E-state index contributed by atoms with van der Waals surface area (Å²) in [5.41, 5.74) is 0. The van der Waals surface area contributed by atoms with E-state index in [0.717, 1.165) is 25.7 Å². The van der Waals surface area contributed by atoms with Crippen molar-refractivity contribution in [3.8, 4) is 5.75 Å². The normalized spacial score (nSPS) is 15.4. The molecule has 0 radical (unpaired) electrons. The summed E-state index contributed by atoms with van der Waals surface area (Å²) >= 11 is 0. The second kappa shape index (κ2) is 8.51. The third kappa shape index (κ3) is 5.06. The number of aromatic nitrogens is 2. The molecule has 1 saturated carbocycles. The van der Waals surface area contributed by atoms with Gasteiger partial charge in [0.1, 0.15) is 5.75 Å². The second-order valence-electron chi connectivity index (χ2n) is 6.57. The molecule has 0 spiro atoms. The number of ether oxygens (including phenoxy) is 1. The fourth-order valence-corrected chi connectivity index (χ4v) is 4.35. The summed E-state index contributed by atoms with van der Waals surface area (Å²) in [5, 5.41) is 10.3. The lowest BCUT2D eigenvalue weighted by Gasteiger charge is -2.17. The molecule has 1 N–H and O–H groups in total. The minimum Gasteiger partial charge on any atom is -0.497 e. The fraction of sp³-hybridized carbons (Fsp3) is 0.500. The number of carbonyl (C=O) groups excluding carboxylic acids is 1. The van der Waals surface area contributed by atoms with E-state index in [2.05, 4.69) is 15.5 Å². The van der Waals surface area contributed by atoms with Crippen LogP contribution < -0.4 is 10.1 Å². The Kier molecular flexibility index (Phi) is 6.10. The Bertz CT molecular complexity index is 871. The summed E-state index contributed by atoms with van der Waals surface area (Å²) in [7, 11) is -2.06. The van der Waals surface area contributed by atoms with Crippen LogP contribution in [0.1, 0.15) is 50.3 Å². The third-order valence-electron chi connectivity index (χ3n) is 4.66. The molecule has 3 rings (SSSR count). The molecule has 2 aromatic rings. The van der Waals surface area contributed by atoms with Crippen molar-refractivity contribution in [3.63, 3.8) is 0 Å². The van der Waals surface area contributed by atoms with Crippen molar-refractivity contribution in [2.45, 2.75) is 49.3 Å². The van der Waals surface area contributed by atoms with Crippen LogP contribution in [0.3, 0.4) is 0 Å². The molecule has 1 aliphatic carbocycles. The molecule has 0 bridgehead atoms. The molecule has 0 aliphatic heterocycles. The highest BCUT2D eigenvalue weighted by molar-refractivity contribution is 7.91. The van der Waals surface area contributed by atoms with Crippen molar-refractivity contribution in [1.82, 2.24) is 10.2 Å². The molecule has 9 heteroatoms. The number of carbonyl (C=O) groups is 1. The van der Waals surface area contributed by atoms with E-state index >= 15 is 0 Å². The first-order chi connectivity index (χ1) is 13.0. The molecule has 0 saturated heterocycles. The number of benzene rings is 1. The molecule has 146 valence electrons. The Morgan fingerprint density at radius 1 is 1.19 bits per heavy atom. The minimum absolute atomic E-state index is 0.0161. The number of amides is 1. The van der Waals surface area contributed by atoms with E-state index in [-0.39, 0.29) is 29.0 Å². The van der Waals surface area contributed by atoms with Gasteiger partial charge in [-0.3, -0.25) is 10.1 Å². The summed E-state index contributed by atoms with van der Waals surface area (Å²) in [6, 6.07) is 6.07. The van der Waals surface area contributed by atoms with Crippen LogP contribution in [0.5, 0.6) is 5.75 Å². The maximum absolute atomic E-state index is 12.3. The van der Waals surface area contributed by atoms with Crippen LogP contribution in [0.4, 0.5) is 6.01 Å². The summed E-state index contributed by atoms with van der Waals surface area (Å²) in [6.07, 6.45) is 5.31. The Morgan fingerprint density at radius 2 is 1.89 bits per heavy atom. The number of hydrogen-bond acceptors (Lipinski definition) is 7. The number of methoxy groups -OCH3 is 1. The number of nitrogens with one attached hydrogen (secondary N) is 1. The lowest BCUT2D eigenvalue weighted by Crippen LogP contribution is -2.17. The molecule has 0 unspecified atom stereocenters. The molecule has 8 nitrogen and oxygen atoms in total. The Morgan fingerprint density at radius 3 is 2.56 bits per heavy atom. The van der Waals surface area contributed by atoms with Gasteiger partial charge in [-0.25, -0.2) is 8.42 Å². The largest absolute Gasteiger partial charge is 0.497 e. The van der Waals surface area contributed by atoms with E-state index in [1.54, 1.807) is 12.1 Å². The van der Waals surface area contributed by atoms with Crippen LogP contribution in [0, 0.1) is 0 Å². The molecule has 0 atom stereocenters. The van der Waals surface area contributed by atoms with Gasteiger partial charge in [0.2, 0.25) is 11.8 Å². The molecular weight excluding hydrogens is 370 g/mol. The first kappa shape index (κ1) is 19.3. The van der Waals surface area contributed by atoms with Crippen LogP contribution >= 0.6 is 0 Å². The zero-order chi connectivity index (χ0) is 19.3. The Hall–Kier alpha value is -2.42. The quantitative estimate of drug-likeness (QED) is 0.770. The van der Waals surface area contributed by atoms with Crippen LogP contribution in [0.15, 0.2) is 33.6 Å². The minimum atomic E-state index is -3.57. The maximum Gasteiger partial charge on any atom is 0.322 e. The lowest BCUT2D eigenvalue weighted by atomic mass is 9.89. The maximum atomic E-state index is 12.3. The third-order valence-corrected chi connectivity index (χ3v) is 6.39. The zero-order valence-electron chi connectivity index (χ0n) is 15.2. The monoisotopic (exact) mass is 393 g/mol. The SMILES string of the molecule is COc1ccc(S(=O)(=O)CCC(=O)Nc2nnc(C3CCCCC3)o2)cc1. The Labute approximate surface area is 158 Å². The number of nitrogens with zero attached hydrogens (tertiary/aromatic N) is 2. The van der Waals surface area contributed by atoms with Crippen molar-refractivity contribution in [2.24, 2.45) is 0 Å². The van der Waals surface area contributed by atoms with Crippen molar-refractivity contribution in [1.29, 1.82) is 0 Å². The molecule has 1 amide bonds. The molecule has 1 aromatic carbocycles. The number of hydrogen-bond donors (Lipinski definition) is 1. The summed E-state index contributed by atoms with van der Waals surface area (Å²) in [6.45, 7) is 0. The van der Waals surface area contributed by atoms with E-state index in [9.17, 15) is 13.2 Å². The highest BCUT2D eigenvalue weighted by Crippen LogP contribution is 2.32. The molecule has 1 aromatic heterocycles. The molecule has 1 aliphatic rings. The molecule has 1 fully saturated rings. The van der Waals surface area contributed by atoms with Gasteiger partial charge >= 0.3 is 6.01 Å². The highest BCUT2D eigenvalue weighted by atomic mass is 32.2. The van der Waals surface area contributed by atoms with Crippen molar-refractivity contribution >= 4 is 21.8 Å². The van der Waals surface area contributed by atoms with Gasteiger partial charge in [0.25, 0.3) is 0 Å². The average molecular weight is 393 g/mol. The van der Waals surface area contributed by atoms with Gasteiger partial charge in [-0.2, -0.15) is 0 Å². The number of rotatable bonds is 7. The van der Waals surface area contributed by atoms with E-state index in [1.807, 2.05) is 0 Å². The Balaban J connectivity index is 1.53. The first-order valence-electron chi connectivity index (χ1n) is 8.98. The average Bonchev–Trinajstić information content (AvgIpc) is 3.16. The lowest BCUT2D eigenvalue weighted by molar-refractivity contribution is -0.116. The van der Waals surface area contributed by atoms with Gasteiger partial charge < -0.3 is 9.15 Å². The van der Waals surface area contributed by atoms with Gasteiger partial charge in [-0.15, -0.1) is 5.10 Å². The topological polar surface area (TPSA) is 111 Å². The molecular formula is C18H23N3O5S. The summed E-state index contributed by atoms with van der Waals surface area (Å²) < 4.78 is 35.2. The first-order valence-corrected chi connectivity index (χ1v) is 10.6. The van der Waals surface area contributed by atoms with Crippen LogP contribution in [0.2, 0.25) is 0 Å². The van der Waals surface area contributed by atoms with Gasteiger partial charge in [0, 0.05) is 12.3 Å². The zero-order valence-corrected chi connectivity index (χ0v) is 16.0. The molecule has 1 heterocycles. The predicted octanol–water partition coefficient (Wildman–Crippen LogP) is 2.93. The van der Waals surface area contributed by atoms with E-state index in [4.69, 9.17) is 9.15 Å². The second-order valence-corrected chi connectivity index (χ2v) is 8.68. The van der Waals surface area contributed by atoms with Gasteiger partial charge in [-0.1, -0.05) is 24.4 Å². The predicted molar refractivity (Wildman–Crippen MR) is 98.4 cm³/mol. The smallest absolute Gasteiger partial charge is 0.322 e. The van der Waals surface area contributed by atoms with Crippen molar-refractivity contribution < 1.29 is 22.4 Å². The highest BCUT2D eigenvalue weighted by Gasteiger charge is 2.22. The van der Waals surface area contributed by atoms with Gasteiger partial charge in [-0.05, 0) is 37.1 Å². The number of sulfone groups is 1. The summed E-state index contributed by atoms with van der Waals surface area (Å²) in [5.74, 6) is 0.556. The van der Waals surface area contributed by atoms with E-state index in [1.165, 1.54) is 25.7 Å². The van der Waals surface area contributed by atoms with Crippen LogP contribution in [-0.2, 0) is 14.6 Å². The van der Waals surface area contributed by atoms with E-state index in [0.29, 0.717) is 11.6 Å². The molecule has 27 heavy (non-hydrogen) atoms. The fourth-order valence-electron chi connectivity index (χ4n) is 3.11. The van der Waals surface area contributed by atoms with Crippen LogP contribution in [0.25, 0.3) is 0 Å². The standard InChI is InChI=1S/C18H23N3O5S/c1-25-14-7-9-15(10-8-14)27(23,24)12-11-16(22)19-18-21-20-17(26-18)13-5-3-2-4-6-13/h7-10,13H,2-6,11-12H2,1H3,(H,19,21,22). The van der Waals surface area contributed by atoms with E-state index < -0.39 is 15.7 Å².